The van der Waals surface area contributed by atoms with Crippen LogP contribution in [0.15, 0.2) is 12.7 Å². The van der Waals surface area contributed by atoms with E-state index < -0.39 is 40.0 Å². The van der Waals surface area contributed by atoms with E-state index in [0.717, 1.165) is 6.92 Å². The molecule has 0 radical (unpaired) electrons. The molecule has 0 rings (SSSR count). The monoisotopic (exact) mass is 359 g/mol. The summed E-state index contributed by atoms with van der Waals surface area (Å²) in [6.45, 7) is 3.95. The van der Waals surface area contributed by atoms with Crippen LogP contribution in [0.2, 0.25) is 0 Å². The number of rotatable bonds is 10. The van der Waals surface area contributed by atoms with Gasteiger partial charge in [0.15, 0.2) is 0 Å². The number of carbonyl (C=O) groups is 2. The fraction of sp³-hybridized carbons (Fsp3) is 0.444. The Kier molecular flexibility index (Phi) is 12.8. The average Bonchev–Trinajstić information content (AvgIpc) is 2.36. The van der Waals surface area contributed by atoms with Crippen molar-refractivity contribution in [1.82, 2.24) is 0 Å². The molecule has 0 spiro atoms. The van der Waals surface area contributed by atoms with Crippen molar-refractivity contribution in [3.8, 4) is 0 Å². The zero-order valence-electron chi connectivity index (χ0n) is 11.3. The molecule has 2 unspecified atom stereocenters. The SMILES string of the molecule is C=C[C+](CCOP(=O)(OO[O-])[P+](=O)[O-])CC(=O)[O-].CC(=O)O. The smallest absolute Gasteiger partial charge is 0.593 e. The van der Waals surface area contributed by atoms with Crippen molar-refractivity contribution in [2.24, 2.45) is 0 Å². The first-order valence-electron chi connectivity index (χ1n) is 5.33. The Bertz CT molecular complexity index is 431. The van der Waals surface area contributed by atoms with E-state index in [1.54, 1.807) is 0 Å². The third-order valence-electron chi connectivity index (χ3n) is 1.66. The highest BCUT2D eigenvalue weighted by molar-refractivity contribution is 8.20. The molecule has 0 saturated carbocycles. The van der Waals surface area contributed by atoms with Crippen molar-refractivity contribution in [3.63, 3.8) is 0 Å². The van der Waals surface area contributed by atoms with Gasteiger partial charge in [0.1, 0.15) is 0 Å². The lowest BCUT2D eigenvalue weighted by Gasteiger charge is -2.11. The second kappa shape index (κ2) is 12.2. The third kappa shape index (κ3) is 12.4. The molecular formula is C9H13O11P2-. The van der Waals surface area contributed by atoms with Crippen molar-refractivity contribution >= 4 is 26.9 Å². The quantitative estimate of drug-likeness (QED) is 0.214. The van der Waals surface area contributed by atoms with Gasteiger partial charge in [0.2, 0.25) is 0 Å². The summed E-state index contributed by atoms with van der Waals surface area (Å²) < 4.78 is 29.7. The molecule has 0 aliphatic rings. The van der Waals surface area contributed by atoms with Crippen molar-refractivity contribution in [3.05, 3.63) is 18.6 Å². The van der Waals surface area contributed by atoms with Gasteiger partial charge in [-0.25, -0.2) is 4.57 Å². The number of hydrogen-bond donors (Lipinski definition) is 1. The molecule has 13 heteroatoms. The maximum Gasteiger partial charge on any atom is 0.593 e. The number of aliphatic carboxylic acids is 2. The van der Waals surface area contributed by atoms with Crippen LogP contribution in [0.25, 0.3) is 0 Å². The first-order valence-corrected chi connectivity index (χ1v) is 8.75. The fourth-order valence-electron chi connectivity index (χ4n) is 0.874. The Morgan fingerprint density at radius 1 is 1.50 bits per heavy atom. The molecule has 0 saturated heterocycles. The van der Waals surface area contributed by atoms with Crippen LogP contribution in [-0.2, 0) is 33.0 Å². The number of hydrogen-bond acceptors (Lipinski definition) is 10. The number of carbonyl (C=O) groups excluding carboxylic acids is 1. The van der Waals surface area contributed by atoms with Crippen molar-refractivity contribution in [2.45, 2.75) is 19.8 Å². The van der Waals surface area contributed by atoms with Gasteiger partial charge < -0.3 is 25.2 Å². The minimum atomic E-state index is -4.68. The van der Waals surface area contributed by atoms with Crippen LogP contribution < -0.4 is 15.3 Å². The Morgan fingerprint density at radius 2 is 2.00 bits per heavy atom. The molecule has 0 heterocycles. The molecule has 0 aromatic rings. The minimum Gasteiger partial charge on any atom is -0.691 e. The highest BCUT2D eigenvalue weighted by atomic mass is 32.1. The number of carboxylic acid groups (broad SMARTS) is 2. The second-order valence-corrected chi connectivity index (χ2v) is 7.63. The molecule has 0 aliphatic heterocycles. The third-order valence-corrected chi connectivity index (χ3v) is 4.57. The zero-order chi connectivity index (χ0) is 17.8. The summed E-state index contributed by atoms with van der Waals surface area (Å²) in [4.78, 5) is 29.8. The van der Waals surface area contributed by atoms with Gasteiger partial charge in [0.05, 0.1) is 37.4 Å². The van der Waals surface area contributed by atoms with Crippen molar-refractivity contribution < 1.29 is 53.3 Å². The Hall–Kier alpha value is -1.32. The van der Waals surface area contributed by atoms with Gasteiger partial charge in [-0.05, 0) is 0 Å². The van der Waals surface area contributed by atoms with Crippen molar-refractivity contribution in [2.75, 3.05) is 6.61 Å². The van der Waals surface area contributed by atoms with E-state index in [0.29, 0.717) is 0 Å². The summed E-state index contributed by atoms with van der Waals surface area (Å²) in [6.07, 6.45) is 0.707. The van der Waals surface area contributed by atoms with Crippen molar-refractivity contribution in [1.29, 1.82) is 0 Å². The molecule has 0 amide bonds. The minimum absolute atomic E-state index is 0.0765. The maximum atomic E-state index is 11.3. The molecule has 0 aromatic carbocycles. The lowest BCUT2D eigenvalue weighted by Crippen LogP contribution is -2.24. The van der Waals surface area contributed by atoms with Crippen LogP contribution in [0.4, 0.5) is 0 Å². The van der Waals surface area contributed by atoms with E-state index in [1.807, 2.05) is 0 Å². The molecule has 11 nitrogen and oxygen atoms in total. The average molecular weight is 359 g/mol. The Labute approximate surface area is 126 Å². The van der Waals surface area contributed by atoms with Gasteiger partial charge >= 0.3 is 15.0 Å². The molecule has 0 aromatic heterocycles. The maximum absolute atomic E-state index is 11.3. The number of allylic oxidation sites excluding steroid dienone is 1. The first kappa shape index (κ1) is 23.0. The molecule has 0 fully saturated rings. The standard InChI is InChI=1S/C7H10O9P2.C2H4O2/c1-2-6(5-7(8)9)3-4-14-18(13,16-15-10)17(11)12;1-2(3)4/h2H,1,3-5H2,(H-,8,9,10);1H3,(H,3,4)/p-1. The van der Waals surface area contributed by atoms with Crippen LogP contribution in [0, 0.1) is 5.92 Å². The van der Waals surface area contributed by atoms with E-state index >= 15 is 0 Å². The summed E-state index contributed by atoms with van der Waals surface area (Å²) in [7, 11) is -8.37. The summed E-state index contributed by atoms with van der Waals surface area (Å²) in [6, 6.07) is 0. The van der Waals surface area contributed by atoms with E-state index in [9.17, 15) is 29.2 Å². The van der Waals surface area contributed by atoms with E-state index in [1.165, 1.54) is 6.08 Å². The molecule has 0 bridgehead atoms. The highest BCUT2D eigenvalue weighted by Crippen LogP contribution is 2.66. The molecule has 126 valence electrons. The highest BCUT2D eigenvalue weighted by Gasteiger charge is 2.42. The van der Waals surface area contributed by atoms with Gasteiger partial charge in [-0.15, -0.1) is 4.67 Å². The van der Waals surface area contributed by atoms with Gasteiger partial charge in [-0.1, -0.05) is 4.57 Å². The second-order valence-electron chi connectivity index (χ2n) is 3.36. The fourth-order valence-corrected chi connectivity index (χ4v) is 2.24. The van der Waals surface area contributed by atoms with Gasteiger partial charge in [0, 0.05) is 13.5 Å². The lowest BCUT2D eigenvalue weighted by molar-refractivity contribution is -0.780. The van der Waals surface area contributed by atoms with Gasteiger partial charge in [0.25, 0.3) is 5.97 Å². The van der Waals surface area contributed by atoms with Crippen LogP contribution in [-0.4, -0.2) is 23.7 Å². The van der Waals surface area contributed by atoms with Crippen LogP contribution in [0.3, 0.4) is 0 Å². The van der Waals surface area contributed by atoms with E-state index in [-0.39, 0.29) is 12.3 Å². The van der Waals surface area contributed by atoms with Gasteiger partial charge in [-0.3, -0.25) is 14.4 Å². The van der Waals surface area contributed by atoms with E-state index in [2.05, 4.69) is 20.8 Å². The molecule has 1 N–H and O–H groups in total. The van der Waals surface area contributed by atoms with Crippen LogP contribution in [0.5, 0.6) is 0 Å². The normalized spacial score (nSPS) is 13.1. The molecule has 22 heavy (non-hydrogen) atoms. The van der Waals surface area contributed by atoms with Gasteiger partial charge in [-0.2, -0.15) is 0 Å². The lowest BCUT2D eigenvalue weighted by atomic mass is 10.0. The zero-order valence-corrected chi connectivity index (χ0v) is 13.1. The summed E-state index contributed by atoms with van der Waals surface area (Å²) >= 11 is 0. The molecular weight excluding hydrogens is 346 g/mol. The summed E-state index contributed by atoms with van der Waals surface area (Å²) in [5.74, 6) is -1.92. The largest absolute Gasteiger partial charge is 0.691 e. The number of carboxylic acids is 2. The Balaban J connectivity index is 0. The van der Waals surface area contributed by atoms with Crippen LogP contribution >= 0.6 is 15.0 Å². The molecule has 2 atom stereocenters. The first-order chi connectivity index (χ1) is 10.1. The van der Waals surface area contributed by atoms with E-state index in [4.69, 9.17) is 9.90 Å². The summed E-state index contributed by atoms with van der Waals surface area (Å²) in [5, 5.41) is 30.1. The summed E-state index contributed by atoms with van der Waals surface area (Å²) in [5.41, 5.74) is 0. The predicted molar refractivity (Wildman–Crippen MR) is 64.3 cm³/mol. The topological polar surface area (TPSA) is 185 Å². The van der Waals surface area contributed by atoms with Crippen LogP contribution in [0.1, 0.15) is 19.8 Å². The predicted octanol–water partition coefficient (Wildman–Crippen LogP) is -1.18. The molecule has 0 aliphatic carbocycles. The Morgan fingerprint density at radius 3 is 2.32 bits per heavy atom.